The van der Waals surface area contributed by atoms with Crippen LogP contribution in [-0.2, 0) is 15.6 Å². The lowest BCUT2D eigenvalue weighted by Crippen LogP contribution is -2.47. The summed E-state index contributed by atoms with van der Waals surface area (Å²) in [7, 11) is -3.57. The van der Waals surface area contributed by atoms with Crippen LogP contribution < -0.4 is 9.80 Å². The number of halogens is 1. The first-order valence-corrected chi connectivity index (χ1v) is 12.2. The molecule has 162 valence electrons. The van der Waals surface area contributed by atoms with Gasteiger partial charge in [0.25, 0.3) is 0 Å². The molecule has 0 amide bonds. The van der Waals surface area contributed by atoms with Crippen molar-refractivity contribution in [3.8, 4) is 0 Å². The third kappa shape index (κ3) is 4.99. The molecule has 1 aliphatic heterocycles. The van der Waals surface area contributed by atoms with Crippen LogP contribution in [0, 0.1) is 13.8 Å². The Bertz CT molecular complexity index is 1160. The van der Waals surface area contributed by atoms with Crippen LogP contribution in [0.1, 0.15) is 16.7 Å². The van der Waals surface area contributed by atoms with Crippen molar-refractivity contribution < 1.29 is 8.42 Å². The lowest BCUT2D eigenvalue weighted by atomic mass is 10.1. The van der Waals surface area contributed by atoms with Gasteiger partial charge in [-0.15, -0.1) is 10.2 Å². The van der Waals surface area contributed by atoms with Gasteiger partial charge in [0, 0.05) is 36.9 Å². The highest BCUT2D eigenvalue weighted by atomic mass is 35.5. The average Bonchev–Trinajstić information content (AvgIpc) is 2.77. The van der Waals surface area contributed by atoms with E-state index in [1.54, 1.807) is 36.4 Å². The Hall–Kier alpha value is -2.64. The van der Waals surface area contributed by atoms with Gasteiger partial charge in [-0.25, -0.2) is 8.42 Å². The van der Waals surface area contributed by atoms with E-state index >= 15 is 0 Å². The number of hydrogen-bond donors (Lipinski definition) is 0. The molecular weight excluding hydrogens is 432 g/mol. The molecule has 2 heterocycles. The summed E-state index contributed by atoms with van der Waals surface area (Å²) >= 11 is 5.87. The van der Waals surface area contributed by atoms with Crippen molar-refractivity contribution in [3.05, 3.63) is 76.3 Å². The molecule has 3 aromatic rings. The lowest BCUT2D eigenvalue weighted by molar-refractivity contribution is 0.588. The van der Waals surface area contributed by atoms with Crippen LogP contribution in [0.4, 0.5) is 11.5 Å². The van der Waals surface area contributed by atoms with Crippen LogP contribution in [0.25, 0.3) is 0 Å². The van der Waals surface area contributed by atoms with Gasteiger partial charge in [0.2, 0.25) is 9.84 Å². The van der Waals surface area contributed by atoms with E-state index in [4.69, 9.17) is 11.6 Å². The standard InChI is InChI=1S/C23H25ClN4O2S/c1-17-3-4-18(2)21(15-17)27-11-13-28(14-12-27)22-9-10-23(26-25-22)31(29,30)16-19-5-7-20(24)8-6-19/h3-10,15H,11-14,16H2,1-2H3. The zero-order chi connectivity index (χ0) is 22.0. The van der Waals surface area contributed by atoms with E-state index in [2.05, 4.69) is 52.0 Å². The average molecular weight is 457 g/mol. The summed E-state index contributed by atoms with van der Waals surface area (Å²) in [5.41, 5.74) is 4.46. The Kier molecular flexibility index (Phi) is 6.16. The predicted octanol–water partition coefficient (Wildman–Crippen LogP) is 4.05. The quantitative estimate of drug-likeness (QED) is 0.577. The van der Waals surface area contributed by atoms with Crippen molar-refractivity contribution in [2.45, 2.75) is 24.6 Å². The summed E-state index contributed by atoms with van der Waals surface area (Å²) in [5, 5.41) is 8.79. The highest BCUT2D eigenvalue weighted by Gasteiger charge is 2.22. The summed E-state index contributed by atoms with van der Waals surface area (Å²) in [4.78, 5) is 4.53. The van der Waals surface area contributed by atoms with Gasteiger partial charge in [-0.05, 0) is 60.9 Å². The minimum absolute atomic E-state index is 0.0137. The Morgan fingerprint density at radius 3 is 2.19 bits per heavy atom. The normalized spacial score (nSPS) is 14.7. The van der Waals surface area contributed by atoms with Gasteiger partial charge in [-0.3, -0.25) is 0 Å². The van der Waals surface area contributed by atoms with Crippen molar-refractivity contribution in [1.29, 1.82) is 0 Å². The predicted molar refractivity (Wildman–Crippen MR) is 125 cm³/mol. The number of rotatable bonds is 5. The van der Waals surface area contributed by atoms with Crippen LogP contribution >= 0.6 is 11.6 Å². The SMILES string of the molecule is Cc1ccc(C)c(N2CCN(c3ccc(S(=O)(=O)Cc4ccc(Cl)cc4)nn3)CC2)c1. The molecule has 2 aromatic carbocycles. The smallest absolute Gasteiger partial charge is 0.201 e. The molecule has 0 atom stereocenters. The molecule has 4 rings (SSSR count). The van der Waals surface area contributed by atoms with E-state index in [0.29, 0.717) is 16.4 Å². The second kappa shape index (κ2) is 8.85. The van der Waals surface area contributed by atoms with Crippen LogP contribution in [0.5, 0.6) is 0 Å². The zero-order valence-corrected chi connectivity index (χ0v) is 19.2. The Balaban J connectivity index is 1.42. The summed E-state index contributed by atoms with van der Waals surface area (Å²) in [5.74, 6) is 0.568. The number of nitrogens with zero attached hydrogens (tertiary/aromatic N) is 4. The number of aryl methyl sites for hydroxylation is 2. The van der Waals surface area contributed by atoms with Gasteiger partial charge in [-0.1, -0.05) is 35.9 Å². The zero-order valence-electron chi connectivity index (χ0n) is 17.6. The van der Waals surface area contributed by atoms with Gasteiger partial charge in [-0.2, -0.15) is 0 Å². The maximum atomic E-state index is 12.7. The fourth-order valence-corrected chi connectivity index (χ4v) is 5.10. The molecule has 0 bridgehead atoms. The molecule has 0 unspecified atom stereocenters. The molecule has 31 heavy (non-hydrogen) atoms. The van der Waals surface area contributed by atoms with E-state index < -0.39 is 9.84 Å². The number of piperazine rings is 1. The van der Waals surface area contributed by atoms with Gasteiger partial charge in [0.15, 0.2) is 10.8 Å². The van der Waals surface area contributed by atoms with E-state index in [-0.39, 0.29) is 10.8 Å². The van der Waals surface area contributed by atoms with Gasteiger partial charge in [0.1, 0.15) is 0 Å². The molecule has 0 radical (unpaired) electrons. The third-order valence-electron chi connectivity index (χ3n) is 5.52. The number of hydrogen-bond acceptors (Lipinski definition) is 6. The fourth-order valence-electron chi connectivity index (χ4n) is 3.76. The van der Waals surface area contributed by atoms with Crippen molar-refractivity contribution in [2.24, 2.45) is 0 Å². The molecule has 6 nitrogen and oxygen atoms in total. The van der Waals surface area contributed by atoms with E-state index in [0.717, 1.165) is 26.2 Å². The number of aromatic nitrogens is 2. The summed E-state index contributed by atoms with van der Waals surface area (Å²) < 4.78 is 25.4. The first-order chi connectivity index (χ1) is 14.8. The Labute approximate surface area is 188 Å². The van der Waals surface area contributed by atoms with Gasteiger partial charge >= 0.3 is 0 Å². The second-order valence-electron chi connectivity index (χ2n) is 7.88. The maximum Gasteiger partial charge on any atom is 0.201 e. The minimum atomic E-state index is -3.57. The minimum Gasteiger partial charge on any atom is -0.368 e. The Morgan fingerprint density at radius 2 is 1.55 bits per heavy atom. The lowest BCUT2D eigenvalue weighted by Gasteiger charge is -2.37. The molecule has 0 saturated carbocycles. The van der Waals surface area contributed by atoms with Crippen LogP contribution in [0.2, 0.25) is 5.02 Å². The maximum absolute atomic E-state index is 12.7. The Morgan fingerprint density at radius 1 is 0.871 bits per heavy atom. The van der Waals surface area contributed by atoms with E-state index in [1.165, 1.54) is 16.8 Å². The van der Waals surface area contributed by atoms with Gasteiger partial charge in [0.05, 0.1) is 5.75 Å². The number of benzene rings is 2. The summed E-state index contributed by atoms with van der Waals surface area (Å²) in [6.07, 6.45) is 0. The van der Waals surface area contributed by atoms with E-state index in [1.807, 2.05) is 0 Å². The summed E-state index contributed by atoms with van der Waals surface area (Å²) in [6, 6.07) is 16.6. The monoisotopic (exact) mass is 456 g/mol. The number of sulfone groups is 1. The van der Waals surface area contributed by atoms with Crippen molar-refractivity contribution >= 4 is 32.9 Å². The topological polar surface area (TPSA) is 66.4 Å². The van der Waals surface area contributed by atoms with Crippen LogP contribution in [-0.4, -0.2) is 44.8 Å². The molecule has 0 spiro atoms. The first kappa shape index (κ1) is 21.6. The largest absolute Gasteiger partial charge is 0.368 e. The molecular formula is C23H25ClN4O2S. The third-order valence-corrected chi connectivity index (χ3v) is 7.34. The van der Waals surface area contributed by atoms with Crippen molar-refractivity contribution in [2.75, 3.05) is 36.0 Å². The second-order valence-corrected chi connectivity index (χ2v) is 10.3. The van der Waals surface area contributed by atoms with Crippen molar-refractivity contribution in [3.63, 3.8) is 0 Å². The molecule has 8 heteroatoms. The van der Waals surface area contributed by atoms with Crippen LogP contribution in [0.15, 0.2) is 59.6 Å². The highest BCUT2D eigenvalue weighted by molar-refractivity contribution is 7.90. The first-order valence-electron chi connectivity index (χ1n) is 10.2. The van der Waals surface area contributed by atoms with E-state index in [9.17, 15) is 8.42 Å². The molecule has 1 saturated heterocycles. The van der Waals surface area contributed by atoms with Crippen LogP contribution in [0.3, 0.4) is 0 Å². The molecule has 0 aliphatic carbocycles. The van der Waals surface area contributed by atoms with Crippen molar-refractivity contribution in [1.82, 2.24) is 10.2 Å². The molecule has 1 fully saturated rings. The van der Waals surface area contributed by atoms with Gasteiger partial charge < -0.3 is 9.80 Å². The highest BCUT2D eigenvalue weighted by Crippen LogP contribution is 2.24. The molecule has 1 aliphatic rings. The number of anilines is 2. The summed E-state index contributed by atoms with van der Waals surface area (Å²) in [6.45, 7) is 7.61. The molecule has 0 N–H and O–H groups in total. The fraction of sp³-hybridized carbons (Fsp3) is 0.304. The molecule has 1 aromatic heterocycles.